The van der Waals surface area contributed by atoms with Gasteiger partial charge >= 0.3 is 0 Å². The molecule has 0 aromatic heterocycles. The van der Waals surface area contributed by atoms with Crippen LogP contribution in [-0.4, -0.2) is 7.12 Å². The Hall–Kier alpha value is -0.535. The molecular weight excluding hydrogens is 287 g/mol. The van der Waals surface area contributed by atoms with Gasteiger partial charge in [-0.15, -0.1) is 7.12 Å². The van der Waals surface area contributed by atoms with Gasteiger partial charge in [-0.1, -0.05) is 45.3 Å². The van der Waals surface area contributed by atoms with E-state index in [0.29, 0.717) is 19.3 Å². The second-order valence-corrected chi connectivity index (χ2v) is 2.75. The highest BCUT2D eigenvalue weighted by Gasteiger charge is 2.19. The van der Waals surface area contributed by atoms with Gasteiger partial charge in [-0.2, -0.15) is 0 Å². The Kier molecular flexibility index (Phi) is 198. The lowest BCUT2D eigenvalue weighted by Gasteiger charge is -2.48. The molecule has 0 fully saturated rings. The number of hydrogen-bond acceptors (Lipinski definition) is 2. The van der Waals surface area contributed by atoms with E-state index in [0.717, 1.165) is 0 Å². The Balaban J connectivity index is -0.00000000900. The molecule has 0 aromatic rings. The normalized spacial score (nSPS) is 5.85. The summed E-state index contributed by atoms with van der Waals surface area (Å²) in [5, 5.41) is 20.9. The quantitative estimate of drug-likeness (QED) is 0.217. The molecule has 0 heterocycles. The van der Waals surface area contributed by atoms with Crippen LogP contribution in [0.1, 0.15) is 40.0 Å². The Morgan fingerprint density at radius 3 is 0.750 bits per heavy atom. The third-order valence-electron chi connectivity index (χ3n) is 2.61. The average Bonchev–Trinajstić information content (AvgIpc) is 1.92. The zero-order chi connectivity index (χ0) is 8.20. The molecule has 0 saturated heterocycles. The second kappa shape index (κ2) is 42.8. The first kappa shape index (κ1) is 92.6. The fourth-order valence-corrected chi connectivity index (χ4v) is 1.25. The highest BCUT2D eigenvalue weighted by atomic mass is 19.0. The first-order valence-corrected chi connectivity index (χ1v) is 3.94. The number of halogens is 4. The van der Waals surface area contributed by atoms with Gasteiger partial charge < -0.3 is 65.8 Å². The van der Waals surface area contributed by atoms with Gasteiger partial charge in [0.15, 0.2) is 0 Å². The van der Waals surface area contributed by atoms with Crippen LogP contribution in [0.5, 0.6) is 0 Å². The van der Waals surface area contributed by atoms with E-state index in [1.165, 1.54) is 0 Å². The monoisotopic (exact) mass is 326 g/mol. The van der Waals surface area contributed by atoms with E-state index in [4.69, 9.17) is 0 Å². The third kappa shape index (κ3) is 22.6. The molecule has 0 aliphatic heterocycles. The molecule has 0 radical (unpaired) electrons. The summed E-state index contributed by atoms with van der Waals surface area (Å²) in [6.45, 7) is 5.74. The van der Waals surface area contributed by atoms with Crippen LogP contribution in [0.4, 0.5) is 0 Å². The predicted molar refractivity (Wildman–Crippen MR) is 75.2 cm³/mol. The number of rotatable bonds is 4. The number of hydrogen-bond donors (Lipinski definition) is 6. The van der Waals surface area contributed by atoms with Crippen molar-refractivity contribution in [3.05, 3.63) is 0 Å². The van der Waals surface area contributed by atoms with Crippen LogP contribution in [0.2, 0.25) is 5.31 Å². The van der Waals surface area contributed by atoms with Gasteiger partial charge in [-0.25, -0.2) is 0 Å². The SMILES string of the molecule is CCC(CC)(CC)B([O-])[O-].[F-].[F-].[F-].[F-].[NH4+].[NH4+].[NH4+].[NH4+].[NH4+].[NH4+]. The van der Waals surface area contributed by atoms with E-state index in [2.05, 4.69) is 0 Å². The molecule has 13 heteroatoms. The first-order valence-electron chi connectivity index (χ1n) is 3.94. The van der Waals surface area contributed by atoms with Crippen molar-refractivity contribution in [1.82, 2.24) is 36.9 Å². The Labute approximate surface area is 119 Å². The summed E-state index contributed by atoms with van der Waals surface area (Å²) in [7, 11) is -1.66. The van der Waals surface area contributed by atoms with Gasteiger partial charge in [0.05, 0.1) is 0 Å². The molecule has 140 valence electrons. The van der Waals surface area contributed by atoms with Crippen LogP contribution in [0, 0.1) is 0 Å². The smallest absolute Gasteiger partial charge is 0.0604 e. The summed E-state index contributed by atoms with van der Waals surface area (Å²) in [6, 6.07) is 0. The van der Waals surface area contributed by atoms with E-state index < -0.39 is 12.4 Å². The molecular formula is C7H39BF4N6O2. The zero-order valence-corrected chi connectivity index (χ0v) is 14.5. The van der Waals surface area contributed by atoms with E-state index >= 15 is 0 Å². The summed E-state index contributed by atoms with van der Waals surface area (Å²) in [4.78, 5) is 0. The van der Waals surface area contributed by atoms with Crippen molar-refractivity contribution in [1.29, 1.82) is 0 Å². The van der Waals surface area contributed by atoms with E-state index in [1.54, 1.807) is 0 Å². The maximum absolute atomic E-state index is 10.7. The maximum atomic E-state index is 10.7. The fraction of sp³-hybridized carbons (Fsp3) is 1.00. The van der Waals surface area contributed by atoms with Crippen LogP contribution in [-0.2, 0) is 0 Å². The molecule has 0 bridgehead atoms. The minimum Gasteiger partial charge on any atom is -1.00 e. The summed E-state index contributed by atoms with van der Waals surface area (Å²) in [5.41, 5.74) is 0. The Morgan fingerprint density at radius 2 is 0.750 bits per heavy atom. The minimum atomic E-state index is -1.66. The molecule has 0 rings (SSSR count). The van der Waals surface area contributed by atoms with Crippen molar-refractivity contribution in [2.45, 2.75) is 45.3 Å². The molecule has 0 aliphatic carbocycles. The second-order valence-electron chi connectivity index (χ2n) is 2.75. The maximum Gasteiger partial charge on any atom is -0.0604 e. The molecule has 8 nitrogen and oxygen atoms in total. The van der Waals surface area contributed by atoms with Gasteiger partial charge in [-0.3, -0.25) is 0 Å². The van der Waals surface area contributed by atoms with Crippen molar-refractivity contribution in [2.75, 3.05) is 0 Å². The van der Waals surface area contributed by atoms with Gasteiger partial charge in [-0.05, 0) is 0 Å². The van der Waals surface area contributed by atoms with Gasteiger partial charge in [0.25, 0.3) is 0 Å². The molecule has 0 aromatic carbocycles. The van der Waals surface area contributed by atoms with Crippen LogP contribution in [0.15, 0.2) is 0 Å². The van der Waals surface area contributed by atoms with Crippen molar-refractivity contribution < 1.29 is 28.9 Å². The summed E-state index contributed by atoms with van der Waals surface area (Å²) in [5.74, 6) is 0. The molecule has 0 aliphatic rings. The van der Waals surface area contributed by atoms with Gasteiger partial charge in [0, 0.05) is 0 Å². The molecule has 0 amide bonds. The molecule has 0 atom stereocenters. The lowest BCUT2D eigenvalue weighted by atomic mass is 9.53. The van der Waals surface area contributed by atoms with Crippen molar-refractivity contribution in [2.24, 2.45) is 0 Å². The van der Waals surface area contributed by atoms with Gasteiger partial charge in [0.1, 0.15) is 0 Å². The summed E-state index contributed by atoms with van der Waals surface area (Å²) >= 11 is 0. The Morgan fingerprint density at radius 1 is 0.600 bits per heavy atom. The fourth-order valence-electron chi connectivity index (χ4n) is 1.25. The third-order valence-corrected chi connectivity index (χ3v) is 2.61. The summed E-state index contributed by atoms with van der Waals surface area (Å²) < 4.78 is 0. The highest BCUT2D eigenvalue weighted by molar-refractivity contribution is 6.41. The standard InChI is InChI=1S/C7H15BO2.4FH.6H3N/c1-4-7(5-2,6-3)8(9)10;;;;;;;;;;/h4-6H2,1-3H3;4*1H;6*1H3/q-2;;;;;;;;;;/p+2. The van der Waals surface area contributed by atoms with Crippen LogP contribution < -0.4 is 65.8 Å². The lowest BCUT2D eigenvalue weighted by molar-refractivity contribution is -0.358. The van der Waals surface area contributed by atoms with E-state index in [9.17, 15) is 10.0 Å². The highest BCUT2D eigenvalue weighted by Crippen LogP contribution is 2.37. The van der Waals surface area contributed by atoms with Crippen LogP contribution >= 0.6 is 0 Å². The zero-order valence-electron chi connectivity index (χ0n) is 14.5. The molecule has 0 spiro atoms. The van der Waals surface area contributed by atoms with Crippen LogP contribution in [0.25, 0.3) is 0 Å². The van der Waals surface area contributed by atoms with Crippen molar-refractivity contribution in [3.8, 4) is 0 Å². The molecule has 20 heavy (non-hydrogen) atoms. The van der Waals surface area contributed by atoms with E-state index in [-0.39, 0.29) is 55.7 Å². The molecule has 0 unspecified atom stereocenters. The van der Waals surface area contributed by atoms with Gasteiger partial charge in [0.2, 0.25) is 0 Å². The lowest BCUT2D eigenvalue weighted by Crippen LogP contribution is -3.00. The average molecular weight is 326 g/mol. The first-order chi connectivity index (χ1) is 4.63. The predicted octanol–water partition coefficient (Wildman–Crippen LogP) is -9.56. The largest absolute Gasteiger partial charge is 1.00 e. The summed E-state index contributed by atoms with van der Waals surface area (Å²) in [6.07, 6.45) is 2.12. The molecule has 0 saturated carbocycles. The van der Waals surface area contributed by atoms with Crippen LogP contribution in [0.3, 0.4) is 0 Å². The van der Waals surface area contributed by atoms with Crippen molar-refractivity contribution in [3.63, 3.8) is 0 Å². The van der Waals surface area contributed by atoms with Crippen molar-refractivity contribution >= 4 is 7.12 Å². The van der Waals surface area contributed by atoms with E-state index in [1.807, 2.05) is 20.8 Å². The number of quaternary nitrogens is 6. The molecule has 24 N–H and O–H groups in total. The Bertz CT molecular complexity index is 111. The minimum absolute atomic E-state index is 0. The topological polar surface area (TPSA) is 265 Å².